The van der Waals surface area contributed by atoms with Crippen LogP contribution in [0.15, 0.2) is 97.8 Å². The summed E-state index contributed by atoms with van der Waals surface area (Å²) in [5.41, 5.74) is 14.9. The molecule has 19 nitrogen and oxygen atoms in total. The van der Waals surface area contributed by atoms with Crippen molar-refractivity contribution in [1.82, 2.24) is 60.1 Å². The topological polar surface area (TPSA) is 246 Å². The third kappa shape index (κ3) is 11.0. The lowest BCUT2D eigenvalue weighted by atomic mass is 9.83. The molecule has 6 heterocycles. The average molecular weight is 973 g/mol. The van der Waals surface area contributed by atoms with Crippen LogP contribution in [0.25, 0.3) is 22.1 Å². The van der Waals surface area contributed by atoms with E-state index in [0.29, 0.717) is 31.7 Å². The molecule has 0 aliphatic carbocycles. The maximum absolute atomic E-state index is 12.9. The molecular formula is C53H56N12O7. The van der Waals surface area contributed by atoms with Crippen molar-refractivity contribution in [2.75, 3.05) is 20.2 Å². The van der Waals surface area contributed by atoms with Crippen molar-refractivity contribution in [3.63, 3.8) is 0 Å². The maximum Gasteiger partial charge on any atom is 0.356 e. The van der Waals surface area contributed by atoms with Crippen molar-refractivity contribution in [3.8, 4) is 0 Å². The van der Waals surface area contributed by atoms with E-state index in [2.05, 4.69) is 96.1 Å². The molecule has 0 bridgehead atoms. The van der Waals surface area contributed by atoms with E-state index >= 15 is 0 Å². The molecule has 2 aliphatic rings. The standard InChI is InChI=1S/C26H26N6O3.C22H26N4O2.C5H4N2O2/c1-3-32-23-7-6-20(16(2)25(23)29-30-32)21(13-24(33)34)18-5-4-17-8-11-31(15-19(17)12-18)26(35)22-14-27-9-10-28-22;1-4-26-20-8-7-18(14(2)22(20)24-25-26)19(12-21(27)28-3)16-6-5-15-9-10-23-13-17(15)11-16;8-5(9)4-3-6-1-2-7-4/h4-7,9-10,12,14,21H,3,8,11,13,15H2,1-2H3,(H,33,34);5-8,11,19,23H,4,9-10,12-13H2,1-3H3;1-3H,(H,8,9). The predicted molar refractivity (Wildman–Crippen MR) is 266 cm³/mol. The second kappa shape index (κ2) is 22.6. The molecule has 0 saturated heterocycles. The molecule has 10 rings (SSSR count). The maximum atomic E-state index is 12.9. The number of rotatable bonds is 12. The highest BCUT2D eigenvalue weighted by atomic mass is 16.5. The number of carbonyl (C=O) groups excluding carboxylic acids is 2. The Morgan fingerprint density at radius 3 is 1.75 bits per heavy atom. The summed E-state index contributed by atoms with van der Waals surface area (Å²) in [5, 5.41) is 38.6. The van der Waals surface area contributed by atoms with Gasteiger partial charge in [0.05, 0.1) is 43.4 Å². The van der Waals surface area contributed by atoms with Gasteiger partial charge in [0.15, 0.2) is 5.69 Å². The minimum atomic E-state index is -1.05. The van der Waals surface area contributed by atoms with E-state index in [0.717, 1.165) is 93.5 Å². The molecule has 72 heavy (non-hydrogen) atoms. The first-order valence-electron chi connectivity index (χ1n) is 23.8. The fraction of sp³-hybridized carbons (Fsp3) is 0.321. The summed E-state index contributed by atoms with van der Waals surface area (Å²) in [6, 6.07) is 20.8. The summed E-state index contributed by atoms with van der Waals surface area (Å²) in [4.78, 5) is 64.1. The van der Waals surface area contributed by atoms with E-state index in [-0.39, 0.29) is 35.8 Å². The number of carbonyl (C=O) groups is 4. The molecular weight excluding hydrogens is 917 g/mol. The highest BCUT2D eigenvalue weighted by Gasteiger charge is 2.28. The zero-order chi connectivity index (χ0) is 50.9. The Bertz CT molecular complexity index is 3250. The van der Waals surface area contributed by atoms with Gasteiger partial charge in [-0.1, -0.05) is 59.0 Å². The lowest BCUT2D eigenvalue weighted by Crippen LogP contribution is -2.36. The van der Waals surface area contributed by atoms with Crippen molar-refractivity contribution in [2.45, 2.75) is 91.4 Å². The van der Waals surface area contributed by atoms with Gasteiger partial charge in [-0.05, 0) is 115 Å². The van der Waals surface area contributed by atoms with Crippen molar-refractivity contribution < 1.29 is 34.1 Å². The second-order valence-electron chi connectivity index (χ2n) is 17.5. The molecule has 3 N–H and O–H groups in total. The number of aromatic nitrogens is 10. The Kier molecular flexibility index (Phi) is 15.7. The number of ether oxygens (including phenoxy) is 1. The van der Waals surface area contributed by atoms with Crippen molar-refractivity contribution in [3.05, 3.63) is 165 Å². The van der Waals surface area contributed by atoms with E-state index < -0.39 is 11.9 Å². The number of carboxylic acid groups (broad SMARTS) is 2. The molecule has 4 aromatic carbocycles. The Morgan fingerprint density at radius 1 is 0.681 bits per heavy atom. The zero-order valence-electron chi connectivity index (χ0n) is 40.8. The third-order valence-corrected chi connectivity index (χ3v) is 13.3. The Morgan fingerprint density at radius 2 is 1.24 bits per heavy atom. The number of aromatic carboxylic acids is 1. The number of benzene rings is 4. The van der Waals surface area contributed by atoms with Gasteiger partial charge in [0.2, 0.25) is 0 Å². The molecule has 0 saturated carbocycles. The van der Waals surface area contributed by atoms with E-state index in [1.54, 1.807) is 11.1 Å². The van der Waals surface area contributed by atoms with Crippen LogP contribution >= 0.6 is 0 Å². The van der Waals surface area contributed by atoms with Gasteiger partial charge in [-0.2, -0.15) is 0 Å². The number of aliphatic carboxylic acids is 1. The number of fused-ring (bicyclic) bond motifs is 4. The SMILES string of the molecule is CCn1nnc2c(C)c(C(CC(=O)O)c3ccc4c(c3)CN(C(=O)c3cnccn3)CC4)ccc21.CCn1nnc2c(C)c(C(CC(=O)OC)c3ccc4c(c3)CNCC4)ccc21.O=C(O)c1cnccn1. The Balaban J connectivity index is 0.000000167. The summed E-state index contributed by atoms with van der Waals surface area (Å²) in [5.74, 6) is -2.71. The second-order valence-corrected chi connectivity index (χ2v) is 17.5. The van der Waals surface area contributed by atoms with Crippen LogP contribution in [-0.4, -0.2) is 109 Å². The van der Waals surface area contributed by atoms with Crippen LogP contribution in [-0.2, 0) is 53.3 Å². The quantitative estimate of drug-likeness (QED) is 0.109. The molecule has 2 unspecified atom stereocenters. The summed E-state index contributed by atoms with van der Waals surface area (Å²) in [6.07, 6.45) is 10.5. The molecule has 2 atom stereocenters. The van der Waals surface area contributed by atoms with Crippen LogP contribution in [0.5, 0.6) is 0 Å². The van der Waals surface area contributed by atoms with Gasteiger partial charge >= 0.3 is 17.9 Å². The molecule has 370 valence electrons. The molecule has 1 amide bonds. The van der Waals surface area contributed by atoms with E-state index in [1.807, 2.05) is 47.5 Å². The van der Waals surface area contributed by atoms with Crippen LogP contribution in [0.1, 0.15) is 115 Å². The fourth-order valence-corrected chi connectivity index (χ4v) is 9.49. The van der Waals surface area contributed by atoms with Gasteiger partial charge in [-0.25, -0.2) is 24.1 Å². The van der Waals surface area contributed by atoms with Crippen molar-refractivity contribution in [2.24, 2.45) is 0 Å². The number of carboxylic acids is 2. The third-order valence-electron chi connectivity index (χ3n) is 13.3. The summed E-state index contributed by atoms with van der Waals surface area (Å²) in [6.45, 7) is 12.5. The summed E-state index contributed by atoms with van der Waals surface area (Å²) in [7, 11) is 1.44. The van der Waals surface area contributed by atoms with E-state index in [4.69, 9.17) is 9.84 Å². The monoisotopic (exact) mass is 972 g/mol. The number of hydrogen-bond acceptors (Lipinski definition) is 14. The normalized spacial score (nSPS) is 13.7. The Labute approximate surface area is 415 Å². The number of aryl methyl sites for hydroxylation is 4. The smallest absolute Gasteiger partial charge is 0.356 e. The lowest BCUT2D eigenvalue weighted by molar-refractivity contribution is -0.141. The molecule has 8 aromatic rings. The highest BCUT2D eigenvalue weighted by molar-refractivity contribution is 5.92. The number of hydrogen-bond donors (Lipinski definition) is 3. The minimum Gasteiger partial charge on any atom is -0.481 e. The van der Waals surface area contributed by atoms with Gasteiger partial charge < -0.3 is 25.2 Å². The number of amides is 1. The van der Waals surface area contributed by atoms with Crippen LogP contribution in [0.4, 0.5) is 0 Å². The minimum absolute atomic E-state index is 0.0301. The number of methoxy groups -OCH3 is 1. The largest absolute Gasteiger partial charge is 0.481 e. The number of nitrogens with one attached hydrogen (secondary N) is 1. The highest BCUT2D eigenvalue weighted by Crippen LogP contribution is 2.37. The first-order chi connectivity index (χ1) is 34.9. The van der Waals surface area contributed by atoms with Crippen molar-refractivity contribution in [1.29, 1.82) is 0 Å². The van der Waals surface area contributed by atoms with Gasteiger partial charge in [0.25, 0.3) is 5.91 Å². The van der Waals surface area contributed by atoms with Gasteiger partial charge in [-0.15, -0.1) is 10.2 Å². The predicted octanol–water partition coefficient (Wildman–Crippen LogP) is 6.63. The Hall–Kier alpha value is -8.32. The summed E-state index contributed by atoms with van der Waals surface area (Å²) >= 11 is 0. The lowest BCUT2D eigenvalue weighted by Gasteiger charge is -2.30. The number of nitrogens with zero attached hydrogens (tertiary/aromatic N) is 11. The van der Waals surface area contributed by atoms with E-state index in [1.165, 1.54) is 54.8 Å². The fourth-order valence-electron chi connectivity index (χ4n) is 9.49. The van der Waals surface area contributed by atoms with Crippen molar-refractivity contribution >= 4 is 45.9 Å². The van der Waals surface area contributed by atoms with Gasteiger partial charge in [0.1, 0.15) is 16.7 Å². The molecule has 0 fully saturated rings. The first kappa shape index (κ1) is 50.1. The molecule has 19 heteroatoms. The zero-order valence-corrected chi connectivity index (χ0v) is 40.8. The molecule has 0 radical (unpaired) electrons. The molecule has 2 aliphatic heterocycles. The first-order valence-corrected chi connectivity index (χ1v) is 23.8. The van der Waals surface area contributed by atoms with Crippen LogP contribution < -0.4 is 5.32 Å². The van der Waals surface area contributed by atoms with Crippen LogP contribution in [0, 0.1) is 13.8 Å². The van der Waals surface area contributed by atoms with Gasteiger partial charge in [0, 0.05) is 69.3 Å². The van der Waals surface area contributed by atoms with Gasteiger partial charge in [-0.3, -0.25) is 24.4 Å². The van der Waals surface area contributed by atoms with Crippen LogP contribution in [0.2, 0.25) is 0 Å². The van der Waals surface area contributed by atoms with Crippen LogP contribution in [0.3, 0.4) is 0 Å². The average Bonchev–Trinajstić information content (AvgIpc) is 4.05. The number of esters is 1. The molecule has 4 aromatic heterocycles. The summed E-state index contributed by atoms with van der Waals surface area (Å²) < 4.78 is 8.73. The molecule has 0 spiro atoms. The van der Waals surface area contributed by atoms with E-state index in [9.17, 15) is 24.3 Å².